The van der Waals surface area contributed by atoms with Gasteiger partial charge in [-0.05, 0) is 57.8 Å². The molecule has 0 bridgehead atoms. The molecular weight excluding hydrogens is 925 g/mol. The molecule has 3 atom stereocenters. The molecule has 0 aliphatic heterocycles. The number of carbonyl (C=O) groups excluding carboxylic acids is 3. The summed E-state index contributed by atoms with van der Waals surface area (Å²) in [6, 6.07) is 0. The maximum atomic E-state index is 11.7. The number of unbranched alkanes of at least 4 members (excludes halogenated alkanes) is 24. The Labute approximate surface area is 433 Å². The molecule has 0 aromatic rings. The van der Waals surface area contributed by atoms with Crippen molar-refractivity contribution in [3.63, 3.8) is 0 Å². The van der Waals surface area contributed by atoms with E-state index in [4.69, 9.17) is 0 Å². The molecule has 0 spiro atoms. The minimum Gasteiger partial charge on any atom is -0.550 e. The first kappa shape index (κ1) is 70.3. The van der Waals surface area contributed by atoms with Crippen LogP contribution in [-0.4, -0.2) is 17.9 Å². The van der Waals surface area contributed by atoms with Gasteiger partial charge in [0, 0.05) is 34.2 Å². The molecule has 0 rings (SSSR count). The zero-order chi connectivity index (χ0) is 47.9. The molecule has 0 aliphatic carbocycles. The van der Waals surface area contributed by atoms with Gasteiger partial charge >= 0.3 is 40.8 Å². The second-order valence-electron chi connectivity index (χ2n) is 19.9. The Morgan fingerprint density at radius 1 is 0.234 bits per heavy atom. The van der Waals surface area contributed by atoms with E-state index in [1.54, 1.807) is 0 Å². The Balaban J connectivity index is -0.000000419. The fourth-order valence-corrected chi connectivity index (χ4v) is 9.88. The quantitative estimate of drug-likeness (QED) is 0.0560. The van der Waals surface area contributed by atoms with Gasteiger partial charge in [-0.1, -0.05) is 274 Å². The zero-order valence-corrected chi connectivity index (χ0v) is 47.9. The van der Waals surface area contributed by atoms with E-state index in [2.05, 4.69) is 62.3 Å². The van der Waals surface area contributed by atoms with Gasteiger partial charge in [-0.25, -0.2) is 0 Å². The fourth-order valence-electron chi connectivity index (χ4n) is 9.88. The van der Waals surface area contributed by atoms with Crippen LogP contribution in [0.25, 0.3) is 0 Å². The van der Waals surface area contributed by atoms with Crippen LogP contribution in [0.4, 0.5) is 0 Å². The van der Waals surface area contributed by atoms with E-state index < -0.39 is 34.2 Å². The molecular formula is C57H111NdO6. The van der Waals surface area contributed by atoms with E-state index in [1.807, 2.05) is 0 Å². The summed E-state index contributed by atoms with van der Waals surface area (Å²) in [5.74, 6) is -2.39. The van der Waals surface area contributed by atoms with Crippen molar-refractivity contribution in [2.45, 2.75) is 332 Å². The maximum absolute atomic E-state index is 11.7. The summed E-state index contributed by atoms with van der Waals surface area (Å²) >= 11 is 0. The van der Waals surface area contributed by atoms with Gasteiger partial charge in [-0.3, -0.25) is 0 Å². The molecule has 0 fully saturated rings. The van der Waals surface area contributed by atoms with Gasteiger partial charge in [0.05, 0.1) is 0 Å². The van der Waals surface area contributed by atoms with Crippen LogP contribution in [0.3, 0.4) is 0 Å². The van der Waals surface area contributed by atoms with Gasteiger partial charge in [0.15, 0.2) is 0 Å². The standard InChI is InChI=1S/3C19H38O2.Nd/c3*1-4-7-9-11-12-14-17-19(15-6-3,18(20)21)16-13-10-8-5-2;/h3*4-17H2,1-3H3,(H,20,21);/q;;;+3/p-3. The monoisotopic (exact) mass is 1030 g/mol. The molecule has 0 aromatic heterocycles. The van der Waals surface area contributed by atoms with E-state index in [-0.39, 0.29) is 40.8 Å². The van der Waals surface area contributed by atoms with Crippen LogP contribution in [0.5, 0.6) is 0 Å². The second kappa shape index (κ2) is 50.6. The molecule has 0 heterocycles. The fraction of sp³-hybridized carbons (Fsp3) is 0.947. The topological polar surface area (TPSA) is 120 Å². The predicted octanol–water partition coefficient (Wildman–Crippen LogP) is 15.7. The Morgan fingerprint density at radius 3 is 0.516 bits per heavy atom. The zero-order valence-electron chi connectivity index (χ0n) is 44.6. The van der Waals surface area contributed by atoms with E-state index in [0.717, 1.165) is 135 Å². The van der Waals surface area contributed by atoms with Gasteiger partial charge in [0.2, 0.25) is 0 Å². The molecule has 0 saturated carbocycles. The van der Waals surface area contributed by atoms with E-state index in [0.29, 0.717) is 0 Å². The third-order valence-corrected chi connectivity index (χ3v) is 14.0. The molecule has 0 N–H and O–H groups in total. The third-order valence-electron chi connectivity index (χ3n) is 14.0. The molecule has 1 radical (unpaired) electrons. The van der Waals surface area contributed by atoms with Crippen molar-refractivity contribution in [1.82, 2.24) is 0 Å². The van der Waals surface area contributed by atoms with Crippen LogP contribution in [0, 0.1) is 57.1 Å². The Morgan fingerprint density at radius 2 is 0.375 bits per heavy atom. The van der Waals surface area contributed by atoms with Crippen LogP contribution in [0.2, 0.25) is 0 Å². The Kier molecular flexibility index (Phi) is 55.6. The summed E-state index contributed by atoms with van der Waals surface area (Å²) in [4.78, 5) is 35.2. The van der Waals surface area contributed by atoms with Crippen LogP contribution in [-0.2, 0) is 14.4 Å². The van der Waals surface area contributed by atoms with Gasteiger partial charge in [-0.2, -0.15) is 0 Å². The molecule has 3 unspecified atom stereocenters. The normalized spacial score (nSPS) is 13.8. The Hall–Kier alpha value is -0.239. The summed E-state index contributed by atoms with van der Waals surface area (Å²) in [7, 11) is 0. The predicted molar refractivity (Wildman–Crippen MR) is 267 cm³/mol. The van der Waals surface area contributed by atoms with Gasteiger partial charge < -0.3 is 29.7 Å². The minimum atomic E-state index is -0.797. The first-order chi connectivity index (χ1) is 30.4. The first-order valence-electron chi connectivity index (χ1n) is 28.0. The van der Waals surface area contributed by atoms with Crippen molar-refractivity contribution in [2.24, 2.45) is 16.2 Å². The van der Waals surface area contributed by atoms with Crippen molar-refractivity contribution < 1.29 is 70.5 Å². The summed E-state index contributed by atoms with van der Waals surface area (Å²) < 4.78 is 0. The number of rotatable bonds is 45. The third kappa shape index (κ3) is 37.7. The van der Waals surface area contributed by atoms with Crippen molar-refractivity contribution in [1.29, 1.82) is 0 Å². The number of hydrogen-bond donors (Lipinski definition) is 0. The minimum absolute atomic E-state index is 0. The molecule has 64 heavy (non-hydrogen) atoms. The van der Waals surface area contributed by atoms with Gasteiger partial charge in [0.1, 0.15) is 0 Å². The van der Waals surface area contributed by atoms with E-state index in [1.165, 1.54) is 135 Å². The molecule has 6 nitrogen and oxygen atoms in total. The summed E-state index contributed by atoms with van der Waals surface area (Å²) in [6.07, 6.45) is 45.9. The van der Waals surface area contributed by atoms with E-state index >= 15 is 0 Å². The second-order valence-corrected chi connectivity index (χ2v) is 19.9. The van der Waals surface area contributed by atoms with Gasteiger partial charge in [0.25, 0.3) is 0 Å². The summed E-state index contributed by atoms with van der Waals surface area (Å²) in [5.41, 5.74) is -1.65. The molecule has 379 valence electrons. The van der Waals surface area contributed by atoms with Crippen LogP contribution in [0.1, 0.15) is 332 Å². The van der Waals surface area contributed by atoms with Crippen LogP contribution >= 0.6 is 0 Å². The van der Waals surface area contributed by atoms with Gasteiger partial charge in [-0.15, -0.1) is 0 Å². The Bertz CT molecular complexity index is 881. The molecule has 0 aromatic carbocycles. The molecule has 7 heteroatoms. The number of carboxylic acid groups (broad SMARTS) is 3. The maximum Gasteiger partial charge on any atom is 3.00 e. The summed E-state index contributed by atoms with van der Waals surface area (Å²) in [5, 5.41) is 35.2. The van der Waals surface area contributed by atoms with Crippen LogP contribution < -0.4 is 15.3 Å². The van der Waals surface area contributed by atoms with Crippen molar-refractivity contribution in [3.05, 3.63) is 0 Å². The average molecular weight is 1040 g/mol. The summed E-state index contributed by atoms with van der Waals surface area (Å²) in [6.45, 7) is 19.5. The van der Waals surface area contributed by atoms with Crippen molar-refractivity contribution in [2.75, 3.05) is 0 Å². The van der Waals surface area contributed by atoms with Crippen molar-refractivity contribution in [3.8, 4) is 0 Å². The number of carbonyl (C=O) groups is 3. The van der Waals surface area contributed by atoms with Crippen LogP contribution in [0.15, 0.2) is 0 Å². The molecule has 0 saturated heterocycles. The number of aliphatic carboxylic acids is 3. The van der Waals surface area contributed by atoms with E-state index in [9.17, 15) is 29.7 Å². The SMILES string of the molecule is CCCCCCCCC(CCC)(CCCCCC)C(=O)[O-].CCCCCCCCC(CCC)(CCCCCC)C(=O)[O-].CCCCCCCCC(CCC)(CCCCCC)C(=O)[O-].[Nd+3]. The molecule has 0 aliphatic rings. The molecule has 0 amide bonds. The number of carboxylic acids is 3. The van der Waals surface area contributed by atoms with Crippen molar-refractivity contribution >= 4 is 17.9 Å². The largest absolute Gasteiger partial charge is 3.00 e. The average Bonchev–Trinajstić information content (AvgIpc) is 3.26. The number of hydrogen-bond acceptors (Lipinski definition) is 6. The smallest absolute Gasteiger partial charge is 0.550 e. The first-order valence-corrected chi connectivity index (χ1v) is 28.0.